The highest BCUT2D eigenvalue weighted by Crippen LogP contribution is 2.19. The van der Waals surface area contributed by atoms with Crippen molar-refractivity contribution in [1.82, 2.24) is 10.6 Å². The van der Waals surface area contributed by atoms with Gasteiger partial charge in [0.1, 0.15) is 5.75 Å². The lowest BCUT2D eigenvalue weighted by Gasteiger charge is -2.23. The van der Waals surface area contributed by atoms with Gasteiger partial charge in [-0.2, -0.15) is 0 Å². The van der Waals surface area contributed by atoms with Crippen molar-refractivity contribution >= 4 is 30.1 Å². The average molecular weight is 359 g/mol. The van der Waals surface area contributed by atoms with Gasteiger partial charge in [0.25, 0.3) is 5.91 Å². The van der Waals surface area contributed by atoms with Crippen molar-refractivity contribution in [2.24, 2.45) is 5.92 Å². The van der Waals surface area contributed by atoms with Gasteiger partial charge in [-0.15, -0.1) is 24.2 Å². The molecule has 0 saturated carbocycles. The summed E-state index contributed by atoms with van der Waals surface area (Å²) in [6.45, 7) is 4.72. The van der Waals surface area contributed by atoms with Crippen LogP contribution in [0.25, 0.3) is 0 Å². The first-order valence-electron chi connectivity index (χ1n) is 7.98. The van der Waals surface area contributed by atoms with Crippen LogP contribution in [0.3, 0.4) is 0 Å². The van der Waals surface area contributed by atoms with E-state index < -0.39 is 6.10 Å². The molecule has 2 rings (SSSR count). The summed E-state index contributed by atoms with van der Waals surface area (Å²) < 4.78 is 5.68. The predicted octanol–water partition coefficient (Wildman–Crippen LogP) is 3.10. The van der Waals surface area contributed by atoms with Gasteiger partial charge in [0.2, 0.25) is 0 Å². The van der Waals surface area contributed by atoms with Crippen LogP contribution < -0.4 is 15.4 Å². The van der Waals surface area contributed by atoms with E-state index in [1.54, 1.807) is 18.7 Å². The van der Waals surface area contributed by atoms with Crippen LogP contribution in [0.2, 0.25) is 0 Å². The Morgan fingerprint density at radius 1 is 1.43 bits per heavy atom. The third-order valence-electron chi connectivity index (χ3n) is 3.99. The normalized spacial score (nSPS) is 18.6. The van der Waals surface area contributed by atoms with E-state index in [2.05, 4.69) is 10.6 Å². The van der Waals surface area contributed by atoms with Crippen LogP contribution in [-0.2, 0) is 4.79 Å². The summed E-state index contributed by atoms with van der Waals surface area (Å²) in [4.78, 5) is 13.2. The molecule has 2 atom stereocenters. The van der Waals surface area contributed by atoms with E-state index >= 15 is 0 Å². The predicted molar refractivity (Wildman–Crippen MR) is 98.8 cm³/mol. The second-order valence-electron chi connectivity index (χ2n) is 5.73. The van der Waals surface area contributed by atoms with Crippen LogP contribution >= 0.6 is 24.2 Å². The molecular weight excluding hydrogens is 332 g/mol. The SMILES string of the molecule is CSc1ccc(OC(C)C(=O)NCCC2CCCNC2)cc1.Cl. The number of nitrogens with one attached hydrogen (secondary N) is 2. The molecule has 0 bridgehead atoms. The smallest absolute Gasteiger partial charge is 0.260 e. The largest absolute Gasteiger partial charge is 0.481 e. The standard InChI is InChI=1S/C17H26N2O2S.ClH/c1-13(21-15-5-7-16(22-2)8-6-15)17(20)19-11-9-14-4-3-10-18-12-14;/h5-8,13-14,18H,3-4,9-12H2,1-2H3,(H,19,20);1H. The van der Waals surface area contributed by atoms with Gasteiger partial charge in [0.15, 0.2) is 6.10 Å². The number of hydrogen-bond acceptors (Lipinski definition) is 4. The molecule has 2 N–H and O–H groups in total. The molecule has 1 aromatic rings. The van der Waals surface area contributed by atoms with E-state index in [0.29, 0.717) is 5.92 Å². The molecule has 1 amide bonds. The minimum Gasteiger partial charge on any atom is -0.481 e. The van der Waals surface area contributed by atoms with E-state index in [0.717, 1.165) is 31.8 Å². The van der Waals surface area contributed by atoms with Gasteiger partial charge >= 0.3 is 0 Å². The van der Waals surface area contributed by atoms with Gasteiger partial charge in [-0.25, -0.2) is 0 Å². The number of rotatable bonds is 7. The lowest BCUT2D eigenvalue weighted by molar-refractivity contribution is -0.127. The number of carbonyl (C=O) groups excluding carboxylic acids is 1. The van der Waals surface area contributed by atoms with E-state index in [1.807, 2.05) is 30.5 Å². The molecule has 0 radical (unpaired) electrons. The Balaban J connectivity index is 0.00000264. The lowest BCUT2D eigenvalue weighted by Crippen LogP contribution is -2.38. The molecule has 1 heterocycles. The quantitative estimate of drug-likeness (QED) is 0.735. The number of ether oxygens (including phenoxy) is 1. The zero-order chi connectivity index (χ0) is 15.8. The van der Waals surface area contributed by atoms with Gasteiger partial charge in [0, 0.05) is 11.4 Å². The molecule has 4 nitrogen and oxygen atoms in total. The first kappa shape index (κ1) is 20.1. The summed E-state index contributed by atoms with van der Waals surface area (Å²) in [5.74, 6) is 1.37. The second-order valence-corrected chi connectivity index (χ2v) is 6.61. The maximum atomic E-state index is 12.1. The summed E-state index contributed by atoms with van der Waals surface area (Å²) in [5.41, 5.74) is 0. The Bertz CT molecular complexity index is 464. The fraction of sp³-hybridized carbons (Fsp3) is 0.588. The second kappa shape index (κ2) is 10.8. The molecular formula is C17H27ClN2O2S. The molecule has 130 valence electrons. The minimum absolute atomic E-state index is 0. The zero-order valence-corrected chi connectivity index (χ0v) is 15.5. The van der Waals surface area contributed by atoms with Crippen LogP contribution in [0.5, 0.6) is 5.75 Å². The Labute approximate surface area is 149 Å². The highest BCUT2D eigenvalue weighted by molar-refractivity contribution is 7.98. The Hall–Kier alpha value is -0.910. The van der Waals surface area contributed by atoms with Crippen molar-refractivity contribution in [3.63, 3.8) is 0 Å². The topological polar surface area (TPSA) is 50.4 Å². The summed E-state index contributed by atoms with van der Waals surface area (Å²) in [6, 6.07) is 7.81. The van der Waals surface area contributed by atoms with Crippen molar-refractivity contribution in [2.45, 2.75) is 37.2 Å². The number of amides is 1. The monoisotopic (exact) mass is 358 g/mol. The molecule has 1 aromatic carbocycles. The molecule has 23 heavy (non-hydrogen) atoms. The molecule has 0 aliphatic carbocycles. The van der Waals surface area contributed by atoms with Crippen molar-refractivity contribution in [3.05, 3.63) is 24.3 Å². The first-order chi connectivity index (χ1) is 10.7. The molecule has 6 heteroatoms. The molecule has 2 unspecified atom stereocenters. The number of hydrogen-bond donors (Lipinski definition) is 2. The van der Waals surface area contributed by atoms with Gasteiger partial charge in [-0.3, -0.25) is 4.79 Å². The fourth-order valence-electron chi connectivity index (χ4n) is 2.63. The Morgan fingerprint density at radius 3 is 2.78 bits per heavy atom. The average Bonchev–Trinajstić information content (AvgIpc) is 2.56. The maximum Gasteiger partial charge on any atom is 0.260 e. The van der Waals surface area contributed by atoms with E-state index in [-0.39, 0.29) is 18.3 Å². The number of benzene rings is 1. The van der Waals surface area contributed by atoms with E-state index in [9.17, 15) is 4.79 Å². The zero-order valence-electron chi connectivity index (χ0n) is 13.8. The summed E-state index contributed by atoms with van der Waals surface area (Å²) in [5, 5.41) is 6.38. The third kappa shape index (κ3) is 7.02. The number of carbonyl (C=O) groups is 1. The Kier molecular flexibility index (Phi) is 9.44. The van der Waals surface area contributed by atoms with Crippen LogP contribution in [0.1, 0.15) is 26.2 Å². The van der Waals surface area contributed by atoms with Crippen molar-refractivity contribution in [3.8, 4) is 5.75 Å². The fourth-order valence-corrected chi connectivity index (χ4v) is 3.03. The number of thioether (sulfide) groups is 1. The van der Waals surface area contributed by atoms with E-state index in [1.165, 1.54) is 17.7 Å². The van der Waals surface area contributed by atoms with Gasteiger partial charge in [-0.1, -0.05) is 0 Å². The summed E-state index contributed by atoms with van der Waals surface area (Å²) in [7, 11) is 0. The minimum atomic E-state index is -0.468. The number of piperidine rings is 1. The van der Waals surface area contributed by atoms with Gasteiger partial charge < -0.3 is 15.4 Å². The van der Waals surface area contributed by atoms with Crippen LogP contribution in [0.4, 0.5) is 0 Å². The van der Waals surface area contributed by atoms with Gasteiger partial charge in [0.05, 0.1) is 0 Å². The van der Waals surface area contributed by atoms with Crippen LogP contribution in [0, 0.1) is 5.92 Å². The number of halogens is 1. The van der Waals surface area contributed by atoms with Crippen molar-refractivity contribution in [2.75, 3.05) is 25.9 Å². The highest BCUT2D eigenvalue weighted by atomic mass is 35.5. The molecule has 0 aromatic heterocycles. The molecule has 1 fully saturated rings. The first-order valence-corrected chi connectivity index (χ1v) is 9.20. The van der Waals surface area contributed by atoms with Crippen molar-refractivity contribution < 1.29 is 9.53 Å². The maximum absolute atomic E-state index is 12.1. The summed E-state index contributed by atoms with van der Waals surface area (Å²) >= 11 is 1.69. The van der Waals surface area contributed by atoms with Gasteiger partial charge in [-0.05, 0) is 75.7 Å². The molecule has 1 saturated heterocycles. The molecule has 1 aliphatic rings. The van der Waals surface area contributed by atoms with Crippen LogP contribution in [0.15, 0.2) is 29.2 Å². The van der Waals surface area contributed by atoms with Crippen molar-refractivity contribution in [1.29, 1.82) is 0 Å². The highest BCUT2D eigenvalue weighted by Gasteiger charge is 2.16. The van der Waals surface area contributed by atoms with E-state index in [4.69, 9.17) is 4.74 Å². The van der Waals surface area contributed by atoms with Crippen LogP contribution in [-0.4, -0.2) is 37.9 Å². The molecule has 1 aliphatic heterocycles. The Morgan fingerprint density at radius 2 is 2.17 bits per heavy atom. The summed E-state index contributed by atoms with van der Waals surface area (Å²) in [6.07, 6.45) is 5.10. The molecule has 0 spiro atoms. The third-order valence-corrected chi connectivity index (χ3v) is 4.74. The lowest BCUT2D eigenvalue weighted by atomic mass is 9.96.